The van der Waals surface area contributed by atoms with Crippen molar-refractivity contribution in [3.05, 3.63) is 10.1 Å². The smallest absolute Gasteiger partial charge is 0.294 e. The topological polar surface area (TPSA) is 103 Å². The molecule has 7 nitrogen and oxygen atoms in total. The van der Waals surface area contributed by atoms with Gasteiger partial charge in [0.1, 0.15) is 6.61 Å². The first-order chi connectivity index (χ1) is 5.16. The molecule has 0 aliphatic rings. The molecule has 0 radical (unpaired) electrons. The molecule has 0 aromatic rings. The lowest BCUT2D eigenvalue weighted by Gasteiger charge is -2.01. The van der Waals surface area contributed by atoms with Gasteiger partial charge in [0.15, 0.2) is 5.96 Å². The molecule has 0 aliphatic carbocycles. The molecule has 0 amide bonds. The summed E-state index contributed by atoms with van der Waals surface area (Å²) >= 11 is 0. The Balaban J connectivity index is 3.21. The van der Waals surface area contributed by atoms with Crippen LogP contribution in [0.15, 0.2) is 4.99 Å². The average Bonchev–Trinajstić information content (AvgIpc) is 1.97. The molecule has 0 aliphatic heterocycles. The van der Waals surface area contributed by atoms with Gasteiger partial charge in [-0.25, -0.2) is 0 Å². The fourth-order valence-electron chi connectivity index (χ4n) is 0.378. The van der Waals surface area contributed by atoms with Crippen LogP contribution in [0, 0.1) is 10.1 Å². The lowest BCUT2D eigenvalue weighted by atomic mass is 10.7. The summed E-state index contributed by atoms with van der Waals surface area (Å²) in [6, 6.07) is 0. The maximum Gasteiger partial charge on any atom is 0.294 e. The lowest BCUT2D eigenvalue weighted by molar-refractivity contribution is -0.757. The molecule has 0 bridgehead atoms. The van der Waals surface area contributed by atoms with Gasteiger partial charge in [0.05, 0.1) is 0 Å². The molecule has 0 saturated carbocycles. The minimum atomic E-state index is -0.860. The molecule has 0 spiro atoms. The van der Waals surface area contributed by atoms with E-state index in [-0.39, 0.29) is 19.1 Å². The van der Waals surface area contributed by atoms with Crippen LogP contribution >= 0.6 is 0 Å². The Morgan fingerprint density at radius 1 is 1.91 bits per heavy atom. The molecule has 0 rings (SSSR count). The first kappa shape index (κ1) is 9.47. The summed E-state index contributed by atoms with van der Waals surface area (Å²) in [4.78, 5) is 17.2. The van der Waals surface area contributed by atoms with E-state index in [4.69, 9.17) is 5.73 Å². The van der Waals surface area contributed by atoms with Crippen molar-refractivity contribution in [2.45, 2.75) is 0 Å². The minimum Gasteiger partial charge on any atom is -0.370 e. The van der Waals surface area contributed by atoms with Gasteiger partial charge in [0.25, 0.3) is 5.09 Å². The quantitative estimate of drug-likeness (QED) is 0.176. The molecule has 64 valence electrons. The van der Waals surface area contributed by atoms with Gasteiger partial charge in [-0.15, -0.1) is 10.1 Å². The van der Waals surface area contributed by atoms with Crippen LogP contribution < -0.4 is 11.1 Å². The van der Waals surface area contributed by atoms with E-state index < -0.39 is 5.09 Å². The van der Waals surface area contributed by atoms with Crippen LogP contribution in [0.4, 0.5) is 0 Å². The molecule has 0 unspecified atom stereocenters. The maximum absolute atomic E-state index is 9.61. The molecule has 0 saturated heterocycles. The Morgan fingerprint density at radius 2 is 2.55 bits per heavy atom. The number of nitrogens with one attached hydrogen (secondary N) is 1. The van der Waals surface area contributed by atoms with Gasteiger partial charge >= 0.3 is 0 Å². The Bertz CT molecular complexity index is 157. The molecule has 11 heavy (non-hydrogen) atoms. The lowest BCUT2D eigenvalue weighted by Crippen LogP contribution is -2.34. The number of nitrogens with two attached hydrogens (primary N) is 1. The molecule has 0 atom stereocenters. The third-order valence-electron chi connectivity index (χ3n) is 0.846. The SMILES string of the molecule is CN=C(N)NCCO[N+](=O)[O-]. The van der Waals surface area contributed by atoms with E-state index in [9.17, 15) is 10.1 Å². The van der Waals surface area contributed by atoms with E-state index in [1.807, 2.05) is 0 Å². The van der Waals surface area contributed by atoms with E-state index in [1.165, 1.54) is 7.05 Å². The molecular formula is C4H10N4O3. The highest BCUT2D eigenvalue weighted by atomic mass is 16.9. The molecule has 0 aromatic carbocycles. The predicted octanol–water partition coefficient (Wildman–Crippen LogP) is -1.27. The van der Waals surface area contributed by atoms with Crippen molar-refractivity contribution >= 4 is 5.96 Å². The van der Waals surface area contributed by atoms with E-state index in [1.54, 1.807) is 0 Å². The highest BCUT2D eigenvalue weighted by Crippen LogP contribution is 1.71. The van der Waals surface area contributed by atoms with E-state index in [0.29, 0.717) is 0 Å². The summed E-state index contributed by atoms with van der Waals surface area (Å²) in [7, 11) is 1.51. The van der Waals surface area contributed by atoms with E-state index in [0.717, 1.165) is 0 Å². The molecule has 7 heteroatoms. The first-order valence-corrected chi connectivity index (χ1v) is 2.90. The van der Waals surface area contributed by atoms with Crippen molar-refractivity contribution in [2.24, 2.45) is 10.7 Å². The van der Waals surface area contributed by atoms with Gasteiger partial charge in [0, 0.05) is 13.6 Å². The van der Waals surface area contributed by atoms with E-state index >= 15 is 0 Å². The van der Waals surface area contributed by atoms with Gasteiger partial charge in [0.2, 0.25) is 0 Å². The highest BCUT2D eigenvalue weighted by molar-refractivity contribution is 5.77. The third-order valence-corrected chi connectivity index (χ3v) is 0.846. The number of hydrogen-bond donors (Lipinski definition) is 2. The van der Waals surface area contributed by atoms with Gasteiger partial charge in [-0.05, 0) is 0 Å². The zero-order chi connectivity index (χ0) is 8.69. The summed E-state index contributed by atoms with van der Waals surface area (Å²) in [6.07, 6.45) is 0. The van der Waals surface area contributed by atoms with E-state index in [2.05, 4.69) is 15.1 Å². The zero-order valence-corrected chi connectivity index (χ0v) is 6.11. The summed E-state index contributed by atoms with van der Waals surface area (Å²) in [5, 5.41) is 11.3. The van der Waals surface area contributed by atoms with Crippen LogP contribution in [0.1, 0.15) is 0 Å². The second-order valence-electron chi connectivity index (χ2n) is 1.59. The molecular weight excluding hydrogens is 152 g/mol. The van der Waals surface area contributed by atoms with Crippen LogP contribution in [0.2, 0.25) is 0 Å². The van der Waals surface area contributed by atoms with Crippen LogP contribution in [-0.4, -0.2) is 31.2 Å². The predicted molar refractivity (Wildman–Crippen MR) is 38.5 cm³/mol. The molecule has 0 heterocycles. The normalized spacial score (nSPS) is 10.8. The summed E-state index contributed by atoms with van der Waals surface area (Å²) < 4.78 is 0. The van der Waals surface area contributed by atoms with Crippen LogP contribution in [0.3, 0.4) is 0 Å². The monoisotopic (exact) mass is 162 g/mol. The third kappa shape index (κ3) is 6.35. The Labute approximate surface area is 63.3 Å². The van der Waals surface area contributed by atoms with Crippen molar-refractivity contribution < 1.29 is 9.92 Å². The highest BCUT2D eigenvalue weighted by Gasteiger charge is 1.93. The molecule has 0 fully saturated rings. The number of aliphatic imine (C=N–C) groups is 1. The van der Waals surface area contributed by atoms with Gasteiger partial charge < -0.3 is 15.9 Å². The average molecular weight is 162 g/mol. The van der Waals surface area contributed by atoms with Crippen molar-refractivity contribution in [2.75, 3.05) is 20.2 Å². The Morgan fingerprint density at radius 3 is 3.00 bits per heavy atom. The number of rotatable bonds is 4. The van der Waals surface area contributed by atoms with Gasteiger partial charge in [-0.3, -0.25) is 4.99 Å². The summed E-state index contributed by atoms with van der Waals surface area (Å²) in [6.45, 7) is 0.230. The van der Waals surface area contributed by atoms with Crippen molar-refractivity contribution in [3.63, 3.8) is 0 Å². The Kier molecular flexibility index (Phi) is 4.54. The zero-order valence-electron chi connectivity index (χ0n) is 6.11. The van der Waals surface area contributed by atoms with Crippen molar-refractivity contribution in [3.8, 4) is 0 Å². The van der Waals surface area contributed by atoms with Crippen LogP contribution in [0.25, 0.3) is 0 Å². The first-order valence-electron chi connectivity index (χ1n) is 2.90. The fourth-order valence-corrected chi connectivity index (χ4v) is 0.378. The second kappa shape index (κ2) is 5.27. The number of hydrogen-bond acceptors (Lipinski definition) is 4. The van der Waals surface area contributed by atoms with Crippen molar-refractivity contribution in [1.29, 1.82) is 0 Å². The largest absolute Gasteiger partial charge is 0.370 e. The van der Waals surface area contributed by atoms with Gasteiger partial charge in [-0.1, -0.05) is 0 Å². The number of nitrogens with zero attached hydrogens (tertiary/aromatic N) is 2. The summed E-state index contributed by atoms with van der Waals surface area (Å²) in [5.74, 6) is 0.233. The summed E-state index contributed by atoms with van der Waals surface area (Å²) in [5.41, 5.74) is 5.20. The van der Waals surface area contributed by atoms with Gasteiger partial charge in [-0.2, -0.15) is 0 Å². The molecule has 0 aromatic heterocycles. The molecule has 3 N–H and O–H groups in total. The fraction of sp³-hybridized carbons (Fsp3) is 0.750. The maximum atomic E-state index is 9.61. The second-order valence-corrected chi connectivity index (χ2v) is 1.59. The van der Waals surface area contributed by atoms with Crippen molar-refractivity contribution in [1.82, 2.24) is 5.32 Å². The standard InChI is InChI=1S/C4H10N4O3/c1-6-4(5)7-2-3-11-8(9)10/h2-3H2,1H3,(H3,5,6,7). The Hall–Kier alpha value is -1.53. The number of guanidine groups is 1. The van der Waals surface area contributed by atoms with Crippen LogP contribution in [-0.2, 0) is 4.84 Å². The minimum absolute atomic E-state index is 0.0385. The van der Waals surface area contributed by atoms with Crippen LogP contribution in [0.5, 0.6) is 0 Å².